The van der Waals surface area contributed by atoms with Crippen LogP contribution in [0.1, 0.15) is 18.1 Å². The van der Waals surface area contributed by atoms with Gasteiger partial charge in [0.15, 0.2) is 5.41 Å². The summed E-state index contributed by atoms with van der Waals surface area (Å²) in [6, 6.07) is 24.6. The zero-order valence-corrected chi connectivity index (χ0v) is 16.7. The molecule has 2 N–H and O–H groups in total. The van der Waals surface area contributed by atoms with Crippen molar-refractivity contribution in [1.29, 1.82) is 10.5 Å². The maximum absolute atomic E-state index is 10.6. The van der Waals surface area contributed by atoms with Gasteiger partial charge in [0.1, 0.15) is 11.3 Å². The molecule has 30 heavy (non-hydrogen) atoms. The molecule has 4 atom stereocenters. The Morgan fingerprint density at radius 1 is 1.00 bits per heavy atom. The van der Waals surface area contributed by atoms with Crippen molar-refractivity contribution in [3.63, 3.8) is 0 Å². The quantitative estimate of drug-likeness (QED) is 0.853. The van der Waals surface area contributed by atoms with E-state index in [2.05, 4.69) is 17.1 Å². The van der Waals surface area contributed by atoms with Crippen LogP contribution in [0.2, 0.25) is 0 Å². The molecule has 0 amide bonds. The first kappa shape index (κ1) is 18.8. The fourth-order valence-corrected chi connectivity index (χ4v) is 5.81. The van der Waals surface area contributed by atoms with Crippen molar-refractivity contribution in [1.82, 2.24) is 0 Å². The Kier molecular flexibility index (Phi) is 3.86. The minimum absolute atomic E-state index is 0.132. The summed E-state index contributed by atoms with van der Waals surface area (Å²) in [4.78, 5) is 4.47. The number of fused-ring (bicyclic) bond motifs is 2. The van der Waals surface area contributed by atoms with Gasteiger partial charge in [0, 0.05) is 5.41 Å². The van der Waals surface area contributed by atoms with Crippen LogP contribution in [0.3, 0.4) is 0 Å². The molecule has 1 aliphatic carbocycles. The molecule has 150 valence electrons. The van der Waals surface area contributed by atoms with Gasteiger partial charge < -0.3 is 15.2 Å². The van der Waals surface area contributed by atoms with Gasteiger partial charge in [0.25, 0.3) is 5.91 Å². The van der Waals surface area contributed by atoms with E-state index >= 15 is 0 Å². The molecule has 1 saturated heterocycles. The monoisotopic (exact) mass is 398 g/mol. The zero-order chi connectivity index (χ0) is 21.0. The molecular weight excluding hydrogens is 376 g/mol. The average molecular weight is 398 g/mol. The molecule has 0 aromatic heterocycles. The van der Waals surface area contributed by atoms with Crippen LogP contribution < -0.4 is 5.73 Å². The molecule has 2 aromatic rings. The van der Waals surface area contributed by atoms with Crippen LogP contribution in [0.5, 0.6) is 0 Å². The molecule has 2 aromatic carbocycles. The van der Waals surface area contributed by atoms with Gasteiger partial charge in [-0.05, 0) is 30.9 Å². The summed E-state index contributed by atoms with van der Waals surface area (Å²) in [6.45, 7) is 2.17. The zero-order valence-electron chi connectivity index (χ0n) is 16.7. The lowest BCUT2D eigenvalue weighted by Gasteiger charge is -2.32. The second-order valence-corrected chi connectivity index (χ2v) is 8.45. The van der Waals surface area contributed by atoms with Gasteiger partial charge in [-0.2, -0.15) is 10.5 Å². The molecule has 5 rings (SSSR count). The number of nitrogens with zero attached hydrogens (tertiary/aromatic N) is 3. The third-order valence-electron chi connectivity index (χ3n) is 6.97. The van der Waals surface area contributed by atoms with Crippen molar-refractivity contribution < 1.29 is 9.47 Å². The Balaban J connectivity index is 1.73. The number of aliphatic imine (C=N–C) groups is 1. The molecule has 0 unspecified atom stereocenters. The molecule has 0 bridgehead atoms. The van der Waals surface area contributed by atoms with E-state index in [9.17, 15) is 10.5 Å². The maximum Gasteiger partial charge on any atom is 0.293 e. The van der Waals surface area contributed by atoms with Crippen LogP contribution in [-0.2, 0) is 22.3 Å². The fraction of sp³-hybridized carbons (Fsp3) is 0.375. The standard InChI is InChI=1S/C24H22N4O2/c1-17-14-29-24(30-17)23(16-26)21(12-18-8-4-2-5-9-18,13-19-10-6-3-7-11-19)22(23,15-25)20(27)28-24/h2-11,17H,12-14H2,1H3,(H2,27,28)/t17-,22-,23+,24+/m0/s1. The lowest BCUT2D eigenvalue weighted by Crippen LogP contribution is -2.43. The number of nitriles is 2. The normalized spacial score (nSPS) is 35.3. The number of hydrogen-bond donors (Lipinski definition) is 1. The van der Waals surface area contributed by atoms with Crippen molar-refractivity contribution >= 4 is 5.84 Å². The van der Waals surface area contributed by atoms with E-state index in [1.165, 1.54) is 0 Å². The summed E-state index contributed by atoms with van der Waals surface area (Å²) in [5, 5.41) is 21.1. The molecule has 6 heteroatoms. The van der Waals surface area contributed by atoms with Gasteiger partial charge >= 0.3 is 0 Å². The van der Waals surface area contributed by atoms with Crippen LogP contribution in [0.15, 0.2) is 65.7 Å². The summed E-state index contributed by atoms with van der Waals surface area (Å²) in [7, 11) is 0. The van der Waals surface area contributed by atoms with E-state index in [0.717, 1.165) is 11.1 Å². The Labute approximate surface area is 175 Å². The number of hydrogen-bond acceptors (Lipinski definition) is 6. The highest BCUT2D eigenvalue weighted by molar-refractivity contribution is 6.00. The third kappa shape index (κ3) is 1.96. The largest absolute Gasteiger partial charge is 0.386 e. The Bertz CT molecular complexity index is 1060. The highest BCUT2D eigenvalue weighted by Crippen LogP contribution is 2.87. The predicted molar refractivity (Wildman–Crippen MR) is 110 cm³/mol. The molecule has 3 aliphatic rings. The summed E-state index contributed by atoms with van der Waals surface area (Å²) in [5.74, 6) is -1.42. The van der Waals surface area contributed by atoms with E-state index in [0.29, 0.717) is 19.4 Å². The Morgan fingerprint density at radius 2 is 1.57 bits per heavy atom. The lowest BCUT2D eigenvalue weighted by molar-refractivity contribution is -0.200. The second-order valence-electron chi connectivity index (χ2n) is 8.45. The topological polar surface area (TPSA) is 104 Å². The minimum Gasteiger partial charge on any atom is -0.386 e. The van der Waals surface area contributed by atoms with Crippen LogP contribution in [0, 0.1) is 38.9 Å². The van der Waals surface area contributed by atoms with Gasteiger partial charge in [-0.25, -0.2) is 4.99 Å². The van der Waals surface area contributed by atoms with Crippen molar-refractivity contribution in [2.24, 2.45) is 27.0 Å². The molecule has 2 heterocycles. The molecule has 2 aliphatic heterocycles. The molecule has 6 nitrogen and oxygen atoms in total. The molecular formula is C24H22N4O2. The third-order valence-corrected chi connectivity index (χ3v) is 6.97. The lowest BCUT2D eigenvalue weighted by atomic mass is 9.79. The summed E-state index contributed by atoms with van der Waals surface area (Å²) >= 11 is 0. The molecule has 1 spiro atoms. The predicted octanol–water partition coefficient (Wildman–Crippen LogP) is 2.95. The smallest absolute Gasteiger partial charge is 0.293 e. The number of rotatable bonds is 4. The molecule has 2 fully saturated rings. The highest BCUT2D eigenvalue weighted by atomic mass is 16.8. The molecule has 1 saturated carbocycles. The van der Waals surface area contributed by atoms with Crippen molar-refractivity contribution in [2.45, 2.75) is 31.8 Å². The first-order valence-electron chi connectivity index (χ1n) is 10.1. The number of nitrogens with two attached hydrogens (primary N) is 1. The second kappa shape index (κ2) is 6.15. The highest BCUT2D eigenvalue weighted by Gasteiger charge is 3.00. The Morgan fingerprint density at radius 3 is 2.00 bits per heavy atom. The first-order valence-corrected chi connectivity index (χ1v) is 10.1. The summed E-state index contributed by atoms with van der Waals surface area (Å²) in [6.07, 6.45) is 0.735. The van der Waals surface area contributed by atoms with Gasteiger partial charge in [0.05, 0.1) is 24.8 Å². The van der Waals surface area contributed by atoms with Crippen LogP contribution >= 0.6 is 0 Å². The van der Waals surface area contributed by atoms with Gasteiger partial charge in [-0.15, -0.1) is 0 Å². The average Bonchev–Trinajstić information content (AvgIpc) is 2.92. The van der Waals surface area contributed by atoms with E-state index in [-0.39, 0.29) is 11.9 Å². The first-order chi connectivity index (χ1) is 14.5. The summed E-state index contributed by atoms with van der Waals surface area (Å²) in [5.41, 5.74) is 5.03. The van der Waals surface area contributed by atoms with Crippen molar-refractivity contribution in [3.05, 3.63) is 71.8 Å². The van der Waals surface area contributed by atoms with E-state index in [4.69, 9.17) is 15.2 Å². The number of amidine groups is 1. The summed E-state index contributed by atoms with van der Waals surface area (Å²) < 4.78 is 12.1. The van der Waals surface area contributed by atoms with Crippen LogP contribution in [0.4, 0.5) is 0 Å². The van der Waals surface area contributed by atoms with Gasteiger partial charge in [-0.1, -0.05) is 60.7 Å². The maximum atomic E-state index is 10.6. The number of ether oxygens (including phenoxy) is 2. The van der Waals surface area contributed by atoms with Gasteiger partial charge in [0.2, 0.25) is 0 Å². The van der Waals surface area contributed by atoms with E-state index in [1.807, 2.05) is 67.6 Å². The van der Waals surface area contributed by atoms with Gasteiger partial charge in [-0.3, -0.25) is 0 Å². The minimum atomic E-state index is -1.55. The fourth-order valence-electron chi connectivity index (χ4n) is 5.81. The SMILES string of the molecule is C[C@H]1CO[C@@]2(N=C(N)[C@@]3(C#N)C(Cc4ccccc4)(Cc4ccccc4)[C@@]23C#N)O1. The molecule has 0 radical (unpaired) electrons. The van der Waals surface area contributed by atoms with Crippen molar-refractivity contribution in [3.8, 4) is 12.1 Å². The van der Waals surface area contributed by atoms with Crippen LogP contribution in [-0.4, -0.2) is 24.5 Å². The van der Waals surface area contributed by atoms with E-state index in [1.54, 1.807) is 0 Å². The Hall–Kier alpha value is -3.19. The number of benzene rings is 2. The van der Waals surface area contributed by atoms with Crippen LogP contribution in [0.25, 0.3) is 0 Å². The van der Waals surface area contributed by atoms with Crippen molar-refractivity contribution in [2.75, 3.05) is 6.61 Å². The van der Waals surface area contributed by atoms with E-state index < -0.39 is 22.2 Å².